The van der Waals surface area contributed by atoms with Crippen LogP contribution in [0.3, 0.4) is 0 Å². The number of carbonyl (C=O) groups is 1. The molecule has 0 bridgehead atoms. The number of hydrogen-bond acceptors (Lipinski definition) is 4. The van der Waals surface area contributed by atoms with Gasteiger partial charge in [0.2, 0.25) is 0 Å². The van der Waals surface area contributed by atoms with Crippen molar-refractivity contribution in [2.45, 2.75) is 19.4 Å². The van der Waals surface area contributed by atoms with Crippen LogP contribution >= 0.6 is 0 Å². The van der Waals surface area contributed by atoms with Crippen molar-refractivity contribution in [3.63, 3.8) is 0 Å². The fraction of sp³-hybridized carbons (Fsp3) is 0.500. The summed E-state index contributed by atoms with van der Waals surface area (Å²) in [5.74, 6) is 2.66. The van der Waals surface area contributed by atoms with Crippen LogP contribution in [0, 0.1) is 11.8 Å². The number of allylic oxidation sites excluding steroid dienone is 1. The van der Waals surface area contributed by atoms with E-state index in [-0.39, 0.29) is 5.92 Å². The molecule has 1 aliphatic carbocycles. The Balaban J connectivity index is 0.000000164. The summed E-state index contributed by atoms with van der Waals surface area (Å²) in [6.07, 6.45) is 5.08. The molecule has 3 rings (SSSR count). The van der Waals surface area contributed by atoms with Crippen molar-refractivity contribution in [2.75, 3.05) is 27.8 Å². The predicted molar refractivity (Wildman–Crippen MR) is 87.4 cm³/mol. The van der Waals surface area contributed by atoms with Crippen LogP contribution in [0.5, 0.6) is 11.5 Å². The summed E-state index contributed by atoms with van der Waals surface area (Å²) in [7, 11) is 5.36. The number of fused-ring (bicyclic) bond motifs is 1. The van der Waals surface area contributed by atoms with Gasteiger partial charge in [0.1, 0.15) is 0 Å². The monoisotopic (exact) mass is 303 g/mol. The minimum absolute atomic E-state index is 0.201. The van der Waals surface area contributed by atoms with Crippen LogP contribution in [0.1, 0.15) is 13.3 Å². The number of hydrogen-bond donors (Lipinski definition) is 0. The van der Waals surface area contributed by atoms with Crippen molar-refractivity contribution in [3.05, 3.63) is 36.4 Å². The standard InChI is InChI=1S/C10H15NO.C8H10O2/c1-7-9(12)4-3-8-5-6-11(2)10(7)8;1-9-7-5-3-4-6-8(7)10-2/h3-4,7-8,10H,5-6H2,1-2H3;3-6H,1-2H3. The molecule has 1 heterocycles. The minimum Gasteiger partial charge on any atom is -0.493 e. The molecular formula is C18H25NO3. The molecule has 0 radical (unpaired) electrons. The molecule has 0 N–H and O–H groups in total. The minimum atomic E-state index is 0.201. The van der Waals surface area contributed by atoms with Gasteiger partial charge in [-0.15, -0.1) is 0 Å². The number of nitrogens with zero attached hydrogens (tertiary/aromatic N) is 1. The van der Waals surface area contributed by atoms with E-state index in [0.717, 1.165) is 18.0 Å². The van der Waals surface area contributed by atoms with Crippen LogP contribution < -0.4 is 9.47 Å². The normalized spacial score (nSPS) is 26.9. The number of carbonyl (C=O) groups excluding carboxylic acids is 1. The highest BCUT2D eigenvalue weighted by atomic mass is 16.5. The lowest BCUT2D eigenvalue weighted by molar-refractivity contribution is -0.120. The fourth-order valence-corrected chi connectivity index (χ4v) is 3.29. The second-order valence-corrected chi connectivity index (χ2v) is 5.83. The smallest absolute Gasteiger partial charge is 0.160 e. The molecule has 1 saturated heterocycles. The van der Waals surface area contributed by atoms with E-state index in [2.05, 4.69) is 18.0 Å². The number of methoxy groups -OCH3 is 2. The zero-order chi connectivity index (χ0) is 16.1. The van der Waals surface area contributed by atoms with Crippen molar-refractivity contribution in [2.24, 2.45) is 11.8 Å². The van der Waals surface area contributed by atoms with Gasteiger partial charge < -0.3 is 14.4 Å². The van der Waals surface area contributed by atoms with Crippen LogP contribution in [0.15, 0.2) is 36.4 Å². The van der Waals surface area contributed by atoms with Gasteiger partial charge in [-0.05, 0) is 44.1 Å². The lowest BCUT2D eigenvalue weighted by atomic mass is 9.82. The van der Waals surface area contributed by atoms with Gasteiger partial charge in [-0.1, -0.05) is 25.1 Å². The largest absolute Gasteiger partial charge is 0.493 e. The number of benzene rings is 1. The number of ketones is 1. The first-order chi connectivity index (χ1) is 10.6. The molecule has 2 aliphatic rings. The molecule has 3 atom stereocenters. The molecule has 0 saturated carbocycles. The summed E-state index contributed by atoms with van der Waals surface area (Å²) in [5, 5.41) is 0. The first-order valence-electron chi connectivity index (χ1n) is 7.67. The maximum atomic E-state index is 11.4. The lowest BCUT2D eigenvalue weighted by Gasteiger charge is -2.30. The van der Waals surface area contributed by atoms with Crippen molar-refractivity contribution in [3.8, 4) is 11.5 Å². The fourth-order valence-electron chi connectivity index (χ4n) is 3.29. The maximum Gasteiger partial charge on any atom is 0.160 e. The topological polar surface area (TPSA) is 38.8 Å². The average Bonchev–Trinajstić information content (AvgIpc) is 2.93. The van der Waals surface area contributed by atoms with Crippen molar-refractivity contribution in [1.82, 2.24) is 4.90 Å². The SMILES string of the molecule is CC1C(=O)C=CC2CCN(C)C21.COc1ccccc1OC. The zero-order valence-electron chi connectivity index (χ0n) is 13.8. The molecule has 1 aromatic carbocycles. The molecule has 0 spiro atoms. The van der Waals surface area contributed by atoms with Gasteiger partial charge in [-0.2, -0.15) is 0 Å². The molecule has 1 aromatic rings. The van der Waals surface area contributed by atoms with Crippen LogP contribution in [0.25, 0.3) is 0 Å². The number of ether oxygens (including phenoxy) is 2. The Kier molecular flexibility index (Phi) is 5.61. The van der Waals surface area contributed by atoms with Gasteiger partial charge in [-0.25, -0.2) is 0 Å². The Labute approximate surface area is 132 Å². The Hall–Kier alpha value is -1.81. The molecule has 1 aliphatic heterocycles. The Morgan fingerprint density at radius 3 is 2.27 bits per heavy atom. The van der Waals surface area contributed by atoms with Crippen LogP contribution in [-0.4, -0.2) is 44.5 Å². The van der Waals surface area contributed by atoms with Crippen molar-refractivity contribution < 1.29 is 14.3 Å². The van der Waals surface area contributed by atoms with E-state index in [4.69, 9.17) is 9.47 Å². The number of likely N-dealkylation sites (tertiary alicyclic amines) is 1. The maximum absolute atomic E-state index is 11.4. The Bertz CT molecular complexity index is 516. The predicted octanol–water partition coefficient (Wildman–Crippen LogP) is 2.79. The second-order valence-electron chi connectivity index (χ2n) is 5.83. The molecule has 4 nitrogen and oxygen atoms in total. The van der Waals surface area contributed by atoms with Gasteiger partial charge in [0.05, 0.1) is 14.2 Å². The molecule has 4 heteroatoms. The van der Waals surface area contributed by atoms with Crippen LogP contribution in [-0.2, 0) is 4.79 Å². The third-order valence-corrected chi connectivity index (χ3v) is 4.52. The van der Waals surface area contributed by atoms with E-state index in [0.29, 0.717) is 17.7 Å². The lowest BCUT2D eigenvalue weighted by Crippen LogP contribution is -2.40. The third-order valence-electron chi connectivity index (χ3n) is 4.52. The highest BCUT2D eigenvalue weighted by molar-refractivity contribution is 5.93. The molecular weight excluding hydrogens is 278 g/mol. The van der Waals surface area contributed by atoms with E-state index < -0.39 is 0 Å². The van der Waals surface area contributed by atoms with Gasteiger partial charge in [0.15, 0.2) is 17.3 Å². The number of para-hydroxylation sites is 2. The molecule has 22 heavy (non-hydrogen) atoms. The van der Waals surface area contributed by atoms with Gasteiger partial charge in [-0.3, -0.25) is 4.79 Å². The summed E-state index contributed by atoms with van der Waals surface area (Å²) in [4.78, 5) is 13.7. The molecule has 0 aromatic heterocycles. The Morgan fingerprint density at radius 2 is 1.73 bits per heavy atom. The van der Waals surface area contributed by atoms with Crippen LogP contribution in [0.4, 0.5) is 0 Å². The summed E-state index contributed by atoms with van der Waals surface area (Å²) in [5.41, 5.74) is 0. The summed E-state index contributed by atoms with van der Waals surface area (Å²) in [6, 6.07) is 8.00. The van der Waals surface area contributed by atoms with E-state index in [1.165, 1.54) is 6.42 Å². The first kappa shape index (κ1) is 16.6. The molecule has 120 valence electrons. The Morgan fingerprint density at radius 1 is 1.14 bits per heavy atom. The highest BCUT2D eigenvalue weighted by Gasteiger charge is 2.38. The zero-order valence-corrected chi connectivity index (χ0v) is 13.8. The van der Waals surface area contributed by atoms with Crippen molar-refractivity contribution >= 4 is 5.78 Å². The van der Waals surface area contributed by atoms with Gasteiger partial charge >= 0.3 is 0 Å². The summed E-state index contributed by atoms with van der Waals surface area (Å²) < 4.78 is 10.0. The van der Waals surface area contributed by atoms with Crippen LogP contribution in [0.2, 0.25) is 0 Å². The van der Waals surface area contributed by atoms with E-state index in [1.54, 1.807) is 20.3 Å². The first-order valence-corrected chi connectivity index (χ1v) is 7.67. The quantitative estimate of drug-likeness (QED) is 0.842. The van der Waals surface area contributed by atoms with E-state index >= 15 is 0 Å². The molecule has 1 fully saturated rings. The summed E-state index contributed by atoms with van der Waals surface area (Å²) >= 11 is 0. The van der Waals surface area contributed by atoms with Gasteiger partial charge in [0, 0.05) is 12.0 Å². The highest BCUT2D eigenvalue weighted by Crippen LogP contribution is 2.33. The van der Waals surface area contributed by atoms with Crippen molar-refractivity contribution in [1.29, 1.82) is 0 Å². The average molecular weight is 303 g/mol. The number of rotatable bonds is 2. The van der Waals surface area contributed by atoms with E-state index in [9.17, 15) is 4.79 Å². The third kappa shape index (κ3) is 3.50. The molecule has 3 unspecified atom stereocenters. The van der Waals surface area contributed by atoms with E-state index in [1.807, 2.05) is 31.2 Å². The molecule has 0 amide bonds. The second kappa shape index (κ2) is 7.45. The van der Waals surface area contributed by atoms with Gasteiger partial charge in [0.25, 0.3) is 0 Å². The summed E-state index contributed by atoms with van der Waals surface area (Å²) in [6.45, 7) is 3.18.